The van der Waals surface area contributed by atoms with Crippen LogP contribution in [0.1, 0.15) is 47.0 Å². The number of nitrogens with zero attached hydrogens (tertiary/aromatic N) is 1. The van der Waals surface area contributed by atoms with Crippen LogP contribution in [0.4, 0.5) is 4.79 Å². The maximum Gasteiger partial charge on any atom is 0.410 e. The first-order valence-corrected chi connectivity index (χ1v) is 6.56. The number of nitrogens with one attached hydrogen (secondary N) is 1. The van der Waals surface area contributed by atoms with Crippen molar-refractivity contribution in [2.75, 3.05) is 13.6 Å². The van der Waals surface area contributed by atoms with E-state index in [1.54, 1.807) is 0 Å². The SMILES string of the molecule is CCC1C(NC)CCCN1C(=O)OC(C)(C)C. The second kappa shape index (κ2) is 5.71. The van der Waals surface area contributed by atoms with Crippen molar-refractivity contribution in [1.29, 1.82) is 0 Å². The molecule has 0 aliphatic carbocycles. The summed E-state index contributed by atoms with van der Waals surface area (Å²) in [6.45, 7) is 8.66. The van der Waals surface area contributed by atoms with E-state index in [1.807, 2.05) is 32.7 Å². The average molecular weight is 242 g/mol. The number of hydrogen-bond acceptors (Lipinski definition) is 3. The van der Waals surface area contributed by atoms with Gasteiger partial charge >= 0.3 is 6.09 Å². The highest BCUT2D eigenvalue weighted by Gasteiger charge is 2.34. The number of hydrogen-bond donors (Lipinski definition) is 1. The molecule has 1 rings (SSSR count). The smallest absolute Gasteiger partial charge is 0.410 e. The van der Waals surface area contributed by atoms with Crippen LogP contribution in [-0.4, -0.2) is 42.3 Å². The van der Waals surface area contributed by atoms with Crippen molar-refractivity contribution >= 4 is 6.09 Å². The highest BCUT2D eigenvalue weighted by molar-refractivity contribution is 5.68. The molecule has 0 aromatic heterocycles. The topological polar surface area (TPSA) is 41.6 Å². The van der Waals surface area contributed by atoms with E-state index in [0.29, 0.717) is 6.04 Å². The van der Waals surface area contributed by atoms with Crippen molar-refractivity contribution in [3.63, 3.8) is 0 Å². The summed E-state index contributed by atoms with van der Waals surface area (Å²) >= 11 is 0. The Morgan fingerprint density at radius 3 is 2.59 bits per heavy atom. The zero-order valence-electron chi connectivity index (χ0n) is 11.7. The lowest BCUT2D eigenvalue weighted by Crippen LogP contribution is -2.55. The van der Waals surface area contributed by atoms with Gasteiger partial charge in [0.15, 0.2) is 0 Å². The molecule has 0 saturated carbocycles. The van der Waals surface area contributed by atoms with Crippen molar-refractivity contribution in [1.82, 2.24) is 10.2 Å². The highest BCUT2D eigenvalue weighted by atomic mass is 16.6. The molecule has 0 aromatic rings. The van der Waals surface area contributed by atoms with Gasteiger partial charge in [-0.15, -0.1) is 0 Å². The summed E-state index contributed by atoms with van der Waals surface area (Å²) < 4.78 is 5.46. The molecule has 1 aliphatic rings. The standard InChI is InChI=1S/C13H26N2O2/c1-6-11-10(14-5)8-7-9-15(11)12(16)17-13(2,3)4/h10-11,14H,6-9H2,1-5H3. The number of carbonyl (C=O) groups is 1. The van der Waals surface area contributed by atoms with Gasteiger partial charge in [0.1, 0.15) is 5.60 Å². The van der Waals surface area contributed by atoms with E-state index >= 15 is 0 Å². The number of carbonyl (C=O) groups excluding carboxylic acids is 1. The molecule has 1 amide bonds. The van der Waals surface area contributed by atoms with Crippen LogP contribution in [0.25, 0.3) is 0 Å². The second-order valence-corrected chi connectivity index (χ2v) is 5.69. The quantitative estimate of drug-likeness (QED) is 0.808. The Labute approximate surface area is 105 Å². The van der Waals surface area contributed by atoms with Gasteiger partial charge in [-0.2, -0.15) is 0 Å². The van der Waals surface area contributed by atoms with Gasteiger partial charge in [-0.25, -0.2) is 4.79 Å². The Kier molecular flexibility index (Phi) is 4.80. The van der Waals surface area contributed by atoms with Gasteiger partial charge in [0.25, 0.3) is 0 Å². The van der Waals surface area contributed by atoms with Crippen LogP contribution in [0, 0.1) is 0 Å². The largest absolute Gasteiger partial charge is 0.444 e. The third-order valence-electron chi connectivity index (χ3n) is 3.20. The van der Waals surface area contributed by atoms with E-state index in [9.17, 15) is 4.79 Å². The summed E-state index contributed by atoms with van der Waals surface area (Å²) in [5.74, 6) is 0. The van der Waals surface area contributed by atoms with E-state index in [4.69, 9.17) is 4.74 Å². The van der Waals surface area contributed by atoms with E-state index in [-0.39, 0.29) is 12.1 Å². The molecular formula is C13H26N2O2. The van der Waals surface area contributed by atoms with Crippen LogP contribution in [0.3, 0.4) is 0 Å². The third-order valence-corrected chi connectivity index (χ3v) is 3.20. The lowest BCUT2D eigenvalue weighted by atomic mass is 9.95. The van der Waals surface area contributed by atoms with Crippen molar-refractivity contribution in [2.45, 2.75) is 64.6 Å². The fourth-order valence-corrected chi connectivity index (χ4v) is 2.45. The van der Waals surface area contributed by atoms with Crippen LogP contribution < -0.4 is 5.32 Å². The number of likely N-dealkylation sites (tertiary alicyclic amines) is 1. The lowest BCUT2D eigenvalue weighted by Gasteiger charge is -2.41. The Balaban J connectivity index is 2.70. The van der Waals surface area contributed by atoms with Crippen LogP contribution >= 0.6 is 0 Å². The summed E-state index contributed by atoms with van der Waals surface area (Å²) in [4.78, 5) is 14.0. The number of amides is 1. The summed E-state index contributed by atoms with van der Waals surface area (Å²) in [7, 11) is 1.96. The predicted octanol–water partition coefficient (Wildman–Crippen LogP) is 2.38. The van der Waals surface area contributed by atoms with E-state index in [0.717, 1.165) is 25.8 Å². The van der Waals surface area contributed by atoms with Crippen molar-refractivity contribution < 1.29 is 9.53 Å². The minimum absolute atomic E-state index is 0.177. The summed E-state index contributed by atoms with van der Waals surface area (Å²) in [6, 6.07) is 0.643. The zero-order valence-corrected chi connectivity index (χ0v) is 11.7. The van der Waals surface area contributed by atoms with E-state index in [2.05, 4.69) is 12.2 Å². The molecule has 100 valence electrons. The van der Waals surface area contributed by atoms with Gasteiger partial charge in [0, 0.05) is 12.6 Å². The van der Waals surface area contributed by atoms with Gasteiger partial charge in [0.05, 0.1) is 6.04 Å². The average Bonchev–Trinajstić information content (AvgIpc) is 2.25. The number of likely N-dealkylation sites (N-methyl/N-ethyl adjacent to an activating group) is 1. The third kappa shape index (κ3) is 3.87. The summed E-state index contributed by atoms with van der Waals surface area (Å²) in [6.07, 6.45) is 2.96. The number of piperidine rings is 1. The first kappa shape index (κ1) is 14.3. The normalized spacial score (nSPS) is 25.8. The van der Waals surface area contributed by atoms with E-state index < -0.39 is 5.60 Å². The molecule has 0 aromatic carbocycles. The Bertz CT molecular complexity index is 261. The maximum absolute atomic E-state index is 12.1. The molecule has 0 spiro atoms. The number of rotatable bonds is 2. The zero-order chi connectivity index (χ0) is 13.1. The van der Waals surface area contributed by atoms with Gasteiger partial charge in [-0.3, -0.25) is 0 Å². The molecule has 2 unspecified atom stereocenters. The molecule has 4 heteroatoms. The molecule has 1 N–H and O–H groups in total. The molecule has 1 fully saturated rings. The van der Waals surface area contributed by atoms with Gasteiger partial charge in [-0.1, -0.05) is 6.92 Å². The fraction of sp³-hybridized carbons (Fsp3) is 0.923. The molecule has 4 nitrogen and oxygen atoms in total. The molecular weight excluding hydrogens is 216 g/mol. The lowest BCUT2D eigenvalue weighted by molar-refractivity contribution is 0.00441. The molecule has 2 atom stereocenters. The van der Waals surface area contributed by atoms with Crippen LogP contribution in [0.5, 0.6) is 0 Å². The maximum atomic E-state index is 12.1. The fourth-order valence-electron chi connectivity index (χ4n) is 2.45. The monoisotopic (exact) mass is 242 g/mol. The van der Waals surface area contributed by atoms with E-state index in [1.165, 1.54) is 0 Å². The minimum atomic E-state index is -0.415. The molecule has 0 radical (unpaired) electrons. The van der Waals surface area contributed by atoms with Crippen molar-refractivity contribution in [2.24, 2.45) is 0 Å². The van der Waals surface area contributed by atoms with Crippen LogP contribution in [-0.2, 0) is 4.74 Å². The molecule has 1 heterocycles. The molecule has 1 aliphatic heterocycles. The van der Waals surface area contributed by atoms with Gasteiger partial charge < -0.3 is 15.0 Å². The molecule has 17 heavy (non-hydrogen) atoms. The van der Waals surface area contributed by atoms with Crippen molar-refractivity contribution in [3.05, 3.63) is 0 Å². The Morgan fingerprint density at radius 2 is 2.12 bits per heavy atom. The van der Waals surface area contributed by atoms with Crippen LogP contribution in [0.15, 0.2) is 0 Å². The minimum Gasteiger partial charge on any atom is -0.444 e. The second-order valence-electron chi connectivity index (χ2n) is 5.69. The molecule has 0 bridgehead atoms. The first-order valence-electron chi connectivity index (χ1n) is 6.56. The Morgan fingerprint density at radius 1 is 1.47 bits per heavy atom. The van der Waals surface area contributed by atoms with Crippen LogP contribution in [0.2, 0.25) is 0 Å². The van der Waals surface area contributed by atoms with Crippen molar-refractivity contribution in [3.8, 4) is 0 Å². The summed E-state index contributed by atoms with van der Waals surface area (Å²) in [5.41, 5.74) is -0.415. The first-order chi connectivity index (χ1) is 7.89. The highest BCUT2D eigenvalue weighted by Crippen LogP contribution is 2.22. The number of ether oxygens (including phenoxy) is 1. The molecule has 1 saturated heterocycles. The predicted molar refractivity (Wildman–Crippen MR) is 69.1 cm³/mol. The Hall–Kier alpha value is -0.770. The van der Waals surface area contributed by atoms with Gasteiger partial charge in [-0.05, 0) is 47.1 Å². The van der Waals surface area contributed by atoms with Gasteiger partial charge in [0.2, 0.25) is 0 Å². The summed E-state index contributed by atoms with van der Waals surface area (Å²) in [5, 5.41) is 3.30.